The highest BCUT2D eigenvalue weighted by Crippen LogP contribution is 2.29. The van der Waals surface area contributed by atoms with Gasteiger partial charge >= 0.3 is 0 Å². The van der Waals surface area contributed by atoms with Gasteiger partial charge in [0.05, 0.1) is 16.9 Å². The van der Waals surface area contributed by atoms with E-state index in [4.69, 9.17) is 0 Å². The van der Waals surface area contributed by atoms with Gasteiger partial charge in [-0.3, -0.25) is 9.59 Å². The van der Waals surface area contributed by atoms with Crippen LogP contribution in [-0.2, 0) is 19.4 Å². The van der Waals surface area contributed by atoms with E-state index in [1.54, 1.807) is 23.3 Å². The molecule has 4 rings (SSSR count). The Labute approximate surface area is 153 Å². The quantitative estimate of drug-likeness (QED) is 0.714. The Bertz CT molecular complexity index is 962. The molecule has 0 aliphatic heterocycles. The molecule has 0 spiro atoms. The Balaban J connectivity index is 1.54. The molecule has 0 unspecified atom stereocenters. The fourth-order valence-electron chi connectivity index (χ4n) is 3.25. The van der Waals surface area contributed by atoms with Gasteiger partial charge in [0.25, 0.3) is 11.5 Å². The highest BCUT2D eigenvalue weighted by molar-refractivity contribution is 7.17. The Morgan fingerprint density at radius 3 is 3.04 bits per heavy atom. The molecule has 3 aromatic rings. The summed E-state index contributed by atoms with van der Waals surface area (Å²) in [7, 11) is 1.76. The van der Waals surface area contributed by atoms with Crippen LogP contribution >= 0.6 is 22.7 Å². The van der Waals surface area contributed by atoms with Gasteiger partial charge in [-0.2, -0.15) is 0 Å². The molecule has 0 saturated carbocycles. The third-order valence-electron chi connectivity index (χ3n) is 4.55. The molecule has 130 valence electrons. The number of thiophene rings is 2. The topological polar surface area (TPSA) is 66.1 Å². The smallest absolute Gasteiger partial charge is 0.268 e. The number of amides is 1. The van der Waals surface area contributed by atoms with Crippen molar-refractivity contribution in [3.8, 4) is 0 Å². The number of aromatic nitrogens is 2. The van der Waals surface area contributed by atoms with Gasteiger partial charge in [0.15, 0.2) is 0 Å². The molecule has 0 aromatic carbocycles. The molecule has 0 saturated heterocycles. The molecule has 1 N–H and O–H groups in total. The average molecular weight is 374 g/mol. The molecular formula is C18H19N3O2S2. The van der Waals surface area contributed by atoms with Crippen molar-refractivity contribution in [3.05, 3.63) is 49.0 Å². The maximum Gasteiger partial charge on any atom is 0.268 e. The van der Waals surface area contributed by atoms with E-state index in [0.717, 1.165) is 17.7 Å². The Kier molecular flexibility index (Phi) is 4.43. The van der Waals surface area contributed by atoms with Crippen LogP contribution in [0.5, 0.6) is 0 Å². The second kappa shape index (κ2) is 6.72. The zero-order valence-electron chi connectivity index (χ0n) is 14.0. The van der Waals surface area contributed by atoms with Crippen LogP contribution < -0.4 is 5.56 Å². The molecule has 0 atom stereocenters. The maximum atomic E-state index is 12.8. The minimum atomic E-state index is -0.140. The summed E-state index contributed by atoms with van der Waals surface area (Å²) in [6, 6.07) is 3.89. The van der Waals surface area contributed by atoms with Crippen LogP contribution in [0.15, 0.2) is 22.3 Å². The number of fused-ring (bicyclic) bond motifs is 2. The summed E-state index contributed by atoms with van der Waals surface area (Å²) >= 11 is 3.00. The Hall–Kier alpha value is -1.99. The second-order valence-electron chi connectivity index (χ2n) is 6.43. The van der Waals surface area contributed by atoms with Crippen molar-refractivity contribution >= 4 is 38.8 Å². The van der Waals surface area contributed by atoms with E-state index in [1.165, 1.54) is 41.0 Å². The number of hydrogen-bond donors (Lipinski definition) is 1. The highest BCUT2D eigenvalue weighted by atomic mass is 32.1. The van der Waals surface area contributed by atoms with Crippen molar-refractivity contribution in [2.24, 2.45) is 0 Å². The van der Waals surface area contributed by atoms with Crippen LogP contribution in [-0.4, -0.2) is 27.8 Å². The molecule has 1 aliphatic carbocycles. The molecule has 1 amide bonds. The van der Waals surface area contributed by atoms with Crippen LogP contribution in [0.25, 0.3) is 10.2 Å². The summed E-state index contributed by atoms with van der Waals surface area (Å²) in [5.41, 5.74) is 1.89. The molecule has 3 heterocycles. The first kappa shape index (κ1) is 16.5. The molecule has 5 nitrogen and oxygen atoms in total. The summed E-state index contributed by atoms with van der Waals surface area (Å²) in [6.45, 7) is 0.294. The van der Waals surface area contributed by atoms with Crippen molar-refractivity contribution in [3.63, 3.8) is 0 Å². The van der Waals surface area contributed by atoms with E-state index in [-0.39, 0.29) is 11.5 Å². The Morgan fingerprint density at radius 1 is 1.32 bits per heavy atom. The van der Waals surface area contributed by atoms with Crippen molar-refractivity contribution in [1.29, 1.82) is 0 Å². The molecule has 7 heteroatoms. The third kappa shape index (κ3) is 3.26. The zero-order chi connectivity index (χ0) is 17.4. The maximum absolute atomic E-state index is 12.8. The largest absolute Gasteiger partial charge is 0.334 e. The fraction of sp³-hybridized carbons (Fsp3) is 0.389. The van der Waals surface area contributed by atoms with E-state index in [0.29, 0.717) is 22.6 Å². The lowest BCUT2D eigenvalue weighted by molar-refractivity contribution is 0.0786. The fourth-order valence-corrected chi connectivity index (χ4v) is 5.23. The number of nitrogens with one attached hydrogen (secondary N) is 1. The van der Waals surface area contributed by atoms with Gasteiger partial charge in [-0.25, -0.2) is 4.98 Å². The standard InChI is InChI=1S/C18H19N3O2S2/c1-21(10-15-19-12-7-8-24-16(12)17(22)20-15)18(23)14-9-11-5-3-2-4-6-13(11)25-14/h7-9H,2-6,10H2,1H3,(H,19,20,22). The summed E-state index contributed by atoms with van der Waals surface area (Å²) < 4.78 is 0.625. The lowest BCUT2D eigenvalue weighted by atomic mass is 10.1. The summed E-state index contributed by atoms with van der Waals surface area (Å²) in [6.07, 6.45) is 5.85. The number of aromatic amines is 1. The number of aryl methyl sites for hydroxylation is 2. The minimum absolute atomic E-state index is 0.00821. The SMILES string of the molecule is CN(Cc1nc2ccsc2c(=O)[nH]1)C(=O)c1cc2c(s1)CCCCC2. The molecule has 0 fully saturated rings. The van der Waals surface area contributed by atoms with Crippen molar-refractivity contribution in [2.75, 3.05) is 7.05 Å². The predicted octanol–water partition coefficient (Wildman–Crippen LogP) is 3.59. The van der Waals surface area contributed by atoms with E-state index in [1.807, 2.05) is 11.4 Å². The van der Waals surface area contributed by atoms with Gasteiger partial charge in [0, 0.05) is 11.9 Å². The summed E-state index contributed by atoms with van der Waals surface area (Å²) in [4.78, 5) is 35.8. The van der Waals surface area contributed by atoms with Crippen LogP contribution in [0, 0.1) is 0 Å². The first-order valence-electron chi connectivity index (χ1n) is 8.45. The number of carbonyl (C=O) groups excluding carboxylic acids is 1. The summed E-state index contributed by atoms with van der Waals surface area (Å²) in [5, 5.41) is 1.85. The lowest BCUT2D eigenvalue weighted by Crippen LogP contribution is -2.27. The highest BCUT2D eigenvalue weighted by Gasteiger charge is 2.20. The predicted molar refractivity (Wildman–Crippen MR) is 102 cm³/mol. The van der Waals surface area contributed by atoms with Gasteiger partial charge in [0.1, 0.15) is 10.5 Å². The van der Waals surface area contributed by atoms with E-state index in [2.05, 4.69) is 16.0 Å². The van der Waals surface area contributed by atoms with Gasteiger partial charge in [0.2, 0.25) is 0 Å². The number of rotatable bonds is 3. The third-order valence-corrected chi connectivity index (χ3v) is 6.68. The Morgan fingerprint density at radius 2 is 2.16 bits per heavy atom. The van der Waals surface area contributed by atoms with Crippen molar-refractivity contribution < 1.29 is 4.79 Å². The van der Waals surface area contributed by atoms with E-state index in [9.17, 15) is 9.59 Å². The van der Waals surface area contributed by atoms with Crippen molar-refractivity contribution in [2.45, 2.75) is 38.6 Å². The number of hydrogen-bond acceptors (Lipinski definition) is 5. The number of nitrogens with zero attached hydrogens (tertiary/aromatic N) is 2. The molecular weight excluding hydrogens is 354 g/mol. The zero-order valence-corrected chi connectivity index (χ0v) is 15.6. The normalized spacial score (nSPS) is 14.3. The van der Waals surface area contributed by atoms with Crippen LogP contribution in [0.3, 0.4) is 0 Å². The number of carbonyl (C=O) groups is 1. The van der Waals surface area contributed by atoms with Gasteiger partial charge < -0.3 is 9.88 Å². The van der Waals surface area contributed by atoms with Gasteiger partial charge in [-0.05, 0) is 48.8 Å². The lowest BCUT2D eigenvalue weighted by Gasteiger charge is -2.15. The molecule has 0 radical (unpaired) electrons. The van der Waals surface area contributed by atoms with Gasteiger partial charge in [-0.15, -0.1) is 22.7 Å². The van der Waals surface area contributed by atoms with Crippen LogP contribution in [0.1, 0.15) is 45.2 Å². The van der Waals surface area contributed by atoms with Gasteiger partial charge in [-0.1, -0.05) is 6.42 Å². The van der Waals surface area contributed by atoms with Crippen LogP contribution in [0.4, 0.5) is 0 Å². The average Bonchev–Trinajstić information content (AvgIpc) is 3.16. The molecule has 1 aliphatic rings. The summed E-state index contributed by atoms with van der Waals surface area (Å²) in [5.74, 6) is 0.510. The molecule has 0 bridgehead atoms. The first-order chi connectivity index (χ1) is 12.1. The van der Waals surface area contributed by atoms with Crippen molar-refractivity contribution in [1.82, 2.24) is 14.9 Å². The van der Waals surface area contributed by atoms with E-state index >= 15 is 0 Å². The second-order valence-corrected chi connectivity index (χ2v) is 8.48. The van der Waals surface area contributed by atoms with Crippen LogP contribution in [0.2, 0.25) is 0 Å². The van der Waals surface area contributed by atoms with E-state index < -0.39 is 0 Å². The monoisotopic (exact) mass is 373 g/mol. The number of H-pyrrole nitrogens is 1. The molecule has 25 heavy (non-hydrogen) atoms. The minimum Gasteiger partial charge on any atom is -0.334 e. The molecule has 3 aromatic heterocycles. The first-order valence-corrected chi connectivity index (χ1v) is 10.1.